The number of ether oxygens (including phenoxy) is 2. The van der Waals surface area contributed by atoms with Crippen LogP contribution in [0.25, 0.3) is 0 Å². The molecule has 0 saturated heterocycles. The Morgan fingerprint density at radius 1 is 1.12 bits per heavy atom. The van der Waals surface area contributed by atoms with Gasteiger partial charge in [-0.3, -0.25) is 14.4 Å². The van der Waals surface area contributed by atoms with Crippen molar-refractivity contribution in [3.05, 3.63) is 23.3 Å². The summed E-state index contributed by atoms with van der Waals surface area (Å²) in [4.78, 5) is 35.2. The molecule has 0 unspecified atom stereocenters. The van der Waals surface area contributed by atoms with Crippen LogP contribution in [0.2, 0.25) is 0 Å². The molecule has 6 nitrogen and oxygen atoms in total. The van der Waals surface area contributed by atoms with E-state index in [0.29, 0.717) is 17.8 Å². The van der Waals surface area contributed by atoms with Gasteiger partial charge in [0.2, 0.25) is 5.91 Å². The van der Waals surface area contributed by atoms with Crippen molar-refractivity contribution in [2.45, 2.75) is 78.2 Å². The Labute approximate surface area is 191 Å². The number of nitrogens with one attached hydrogen (secondary N) is 1. The summed E-state index contributed by atoms with van der Waals surface area (Å²) >= 11 is 0. The number of methoxy groups -OCH3 is 1. The lowest BCUT2D eigenvalue weighted by atomic mass is 9.48. The number of rotatable bonds is 4. The SMILES string of the molecule is COC(=O)CNC(=O)/C=C1\CC[C@H]2[C@@H]3CC=C4C[C@@H](OC(C)=O)CC[C@]4(C)[C@H]3CC[C@]12C. The molecule has 0 radical (unpaired) electrons. The van der Waals surface area contributed by atoms with Gasteiger partial charge in [-0.2, -0.15) is 0 Å². The van der Waals surface area contributed by atoms with Crippen molar-refractivity contribution >= 4 is 17.8 Å². The van der Waals surface area contributed by atoms with Gasteiger partial charge in [-0.25, -0.2) is 0 Å². The zero-order valence-corrected chi connectivity index (χ0v) is 19.9. The third-order valence-electron chi connectivity index (χ3n) is 9.18. The monoisotopic (exact) mass is 443 g/mol. The van der Waals surface area contributed by atoms with Gasteiger partial charge in [0, 0.05) is 19.4 Å². The first-order chi connectivity index (χ1) is 15.2. The minimum absolute atomic E-state index is 0.0294. The van der Waals surface area contributed by atoms with Crippen molar-refractivity contribution in [2.24, 2.45) is 28.6 Å². The molecule has 4 rings (SSSR count). The average Bonchev–Trinajstić information content (AvgIpc) is 3.08. The molecule has 0 aromatic carbocycles. The van der Waals surface area contributed by atoms with E-state index < -0.39 is 5.97 Å². The molecule has 0 heterocycles. The largest absolute Gasteiger partial charge is 0.468 e. The lowest BCUT2D eigenvalue weighted by molar-refractivity contribution is -0.148. The Kier molecular flexibility index (Phi) is 6.25. The fourth-order valence-electron chi connectivity index (χ4n) is 7.49. The topological polar surface area (TPSA) is 81.7 Å². The van der Waals surface area contributed by atoms with Gasteiger partial charge in [0.15, 0.2) is 0 Å². The summed E-state index contributed by atoms with van der Waals surface area (Å²) in [5.41, 5.74) is 2.99. The van der Waals surface area contributed by atoms with Crippen LogP contribution < -0.4 is 5.32 Å². The number of carbonyl (C=O) groups excluding carboxylic acids is 3. The fourth-order valence-corrected chi connectivity index (χ4v) is 7.49. The number of amides is 1. The summed E-state index contributed by atoms with van der Waals surface area (Å²) in [5.74, 6) is 1.07. The first-order valence-electron chi connectivity index (χ1n) is 12.1. The van der Waals surface area contributed by atoms with E-state index >= 15 is 0 Å². The van der Waals surface area contributed by atoms with Crippen LogP contribution in [0.15, 0.2) is 23.3 Å². The molecular weight excluding hydrogens is 406 g/mol. The molecule has 1 amide bonds. The van der Waals surface area contributed by atoms with E-state index in [2.05, 4.69) is 30.0 Å². The predicted molar refractivity (Wildman–Crippen MR) is 120 cm³/mol. The van der Waals surface area contributed by atoms with Gasteiger partial charge in [0.05, 0.1) is 7.11 Å². The smallest absolute Gasteiger partial charge is 0.325 e. The molecule has 0 spiro atoms. The molecule has 176 valence electrons. The molecule has 32 heavy (non-hydrogen) atoms. The Morgan fingerprint density at radius 3 is 2.56 bits per heavy atom. The summed E-state index contributed by atoms with van der Waals surface area (Å²) in [7, 11) is 1.32. The third-order valence-corrected chi connectivity index (χ3v) is 9.18. The van der Waals surface area contributed by atoms with Gasteiger partial charge < -0.3 is 14.8 Å². The van der Waals surface area contributed by atoms with Gasteiger partial charge >= 0.3 is 11.9 Å². The standard InChI is InChI=1S/C26H37NO5/c1-16(28)32-19-9-11-25(2)17(13-19)5-7-20-21-8-6-18(26(21,3)12-10-22(20)25)14-23(29)27-15-24(30)31-4/h5,14,19-22H,6-13,15H2,1-4H3,(H,27,29)/b18-14+/t19-,20-,21-,22-,25-,26+/m0/s1. The number of carbonyl (C=O) groups is 3. The van der Waals surface area contributed by atoms with Crippen LogP contribution in [0, 0.1) is 28.6 Å². The molecule has 0 aromatic rings. The lowest BCUT2D eigenvalue weighted by Gasteiger charge is -2.57. The quantitative estimate of drug-likeness (QED) is 0.402. The molecule has 6 atom stereocenters. The van der Waals surface area contributed by atoms with E-state index in [-0.39, 0.29) is 35.4 Å². The van der Waals surface area contributed by atoms with Crippen LogP contribution in [0.4, 0.5) is 0 Å². The molecule has 4 aliphatic carbocycles. The maximum absolute atomic E-state index is 12.4. The maximum atomic E-state index is 12.4. The molecule has 6 heteroatoms. The van der Waals surface area contributed by atoms with Gasteiger partial charge in [-0.1, -0.05) is 31.1 Å². The summed E-state index contributed by atoms with van der Waals surface area (Å²) in [6.45, 7) is 6.19. The third kappa shape index (κ3) is 4.01. The molecular formula is C26H37NO5. The highest BCUT2D eigenvalue weighted by molar-refractivity contribution is 5.91. The lowest BCUT2D eigenvalue weighted by Crippen LogP contribution is -2.49. The minimum atomic E-state index is -0.436. The highest BCUT2D eigenvalue weighted by Crippen LogP contribution is 2.66. The molecule has 0 aromatic heterocycles. The van der Waals surface area contributed by atoms with Crippen molar-refractivity contribution in [2.75, 3.05) is 13.7 Å². The van der Waals surface area contributed by atoms with E-state index in [1.165, 1.54) is 31.6 Å². The Bertz CT molecular complexity index is 860. The number of fused-ring (bicyclic) bond motifs is 5. The second-order valence-electron chi connectivity index (χ2n) is 10.7. The maximum Gasteiger partial charge on any atom is 0.325 e. The highest BCUT2D eigenvalue weighted by atomic mass is 16.5. The second kappa shape index (κ2) is 8.68. The van der Waals surface area contributed by atoms with E-state index in [1.807, 2.05) is 0 Å². The van der Waals surface area contributed by atoms with Crippen LogP contribution in [0.3, 0.4) is 0 Å². The number of hydrogen-bond donors (Lipinski definition) is 1. The van der Waals surface area contributed by atoms with Crippen LogP contribution in [-0.4, -0.2) is 37.6 Å². The Hall–Kier alpha value is -2.11. The van der Waals surface area contributed by atoms with E-state index in [4.69, 9.17) is 4.74 Å². The normalized spacial score (nSPS) is 39.2. The summed E-state index contributed by atoms with van der Waals surface area (Å²) in [6.07, 6.45) is 12.6. The van der Waals surface area contributed by atoms with Crippen LogP contribution in [0.5, 0.6) is 0 Å². The second-order valence-corrected chi connectivity index (χ2v) is 10.7. The van der Waals surface area contributed by atoms with Gasteiger partial charge in [-0.15, -0.1) is 0 Å². The highest BCUT2D eigenvalue weighted by Gasteiger charge is 2.57. The first kappa shape index (κ1) is 23.1. The van der Waals surface area contributed by atoms with Gasteiger partial charge in [0.1, 0.15) is 12.6 Å². The Morgan fingerprint density at radius 2 is 1.84 bits per heavy atom. The summed E-state index contributed by atoms with van der Waals surface area (Å²) in [6, 6.07) is 0. The van der Waals surface area contributed by atoms with E-state index in [1.54, 1.807) is 6.08 Å². The van der Waals surface area contributed by atoms with Gasteiger partial charge in [0.25, 0.3) is 0 Å². The zero-order valence-electron chi connectivity index (χ0n) is 19.9. The fraction of sp³-hybridized carbons (Fsp3) is 0.731. The van der Waals surface area contributed by atoms with E-state index in [0.717, 1.165) is 44.9 Å². The van der Waals surface area contributed by atoms with Crippen molar-refractivity contribution in [1.29, 1.82) is 0 Å². The van der Waals surface area contributed by atoms with Crippen molar-refractivity contribution in [1.82, 2.24) is 5.32 Å². The average molecular weight is 444 g/mol. The van der Waals surface area contributed by atoms with Crippen LogP contribution in [-0.2, 0) is 23.9 Å². The van der Waals surface area contributed by atoms with Gasteiger partial charge in [-0.05, 0) is 73.5 Å². The summed E-state index contributed by atoms with van der Waals surface area (Å²) < 4.78 is 10.2. The number of allylic oxidation sites excluding steroid dienone is 2. The first-order valence-corrected chi connectivity index (χ1v) is 12.1. The molecule has 3 saturated carbocycles. The van der Waals surface area contributed by atoms with Crippen LogP contribution >= 0.6 is 0 Å². The molecule has 0 aliphatic heterocycles. The number of hydrogen-bond acceptors (Lipinski definition) is 5. The van der Waals surface area contributed by atoms with Crippen molar-refractivity contribution < 1.29 is 23.9 Å². The zero-order chi connectivity index (χ0) is 23.1. The van der Waals surface area contributed by atoms with Crippen LogP contribution in [0.1, 0.15) is 72.1 Å². The number of esters is 2. The molecule has 3 fully saturated rings. The molecule has 1 N–H and O–H groups in total. The van der Waals surface area contributed by atoms with Crippen molar-refractivity contribution in [3.8, 4) is 0 Å². The summed E-state index contributed by atoms with van der Waals surface area (Å²) in [5, 5.41) is 2.65. The van der Waals surface area contributed by atoms with E-state index in [9.17, 15) is 14.4 Å². The molecule has 4 aliphatic rings. The van der Waals surface area contributed by atoms with Crippen molar-refractivity contribution in [3.63, 3.8) is 0 Å². The Balaban J connectivity index is 1.49. The predicted octanol–water partition coefficient (Wildman–Crippen LogP) is 4.10. The molecule has 0 bridgehead atoms. The minimum Gasteiger partial charge on any atom is -0.468 e.